The predicted molar refractivity (Wildman–Crippen MR) is 112 cm³/mol. The first kappa shape index (κ1) is 21.8. The first-order valence-electron chi connectivity index (χ1n) is 9.48. The lowest BCUT2D eigenvalue weighted by atomic mass is 10.1. The number of nitrogens with zero attached hydrogens (tertiary/aromatic N) is 5. The number of fused-ring (bicyclic) bond motifs is 2. The number of halogens is 4. The van der Waals surface area contributed by atoms with Gasteiger partial charge in [0.1, 0.15) is 5.69 Å². The number of alkyl halides is 3. The summed E-state index contributed by atoms with van der Waals surface area (Å²) in [5.41, 5.74) is -1.23. The molecule has 166 valence electrons. The number of amides is 1. The number of anilines is 1. The Morgan fingerprint density at radius 2 is 1.97 bits per heavy atom. The highest BCUT2D eigenvalue weighted by Crippen LogP contribution is 2.31. The molecule has 1 aromatic carbocycles. The van der Waals surface area contributed by atoms with Gasteiger partial charge in [0.15, 0.2) is 5.65 Å². The van der Waals surface area contributed by atoms with Crippen LogP contribution >= 0.6 is 11.6 Å². The highest BCUT2D eigenvalue weighted by Gasteiger charge is 2.31. The standard InChI is InChI=1S/C20H16ClF3N6O2/c1-10(2)30-15-8-11(20(22,23)24)5-6-12(15)17(32)14(27-30)9-16(31)25-19-26-18-13(21)4-3-7-29(18)28-19/h3-8,10H,9H2,1-2H3,(H,25,28,31). The molecule has 12 heteroatoms. The first-order valence-corrected chi connectivity index (χ1v) is 9.86. The van der Waals surface area contributed by atoms with Crippen LogP contribution in [-0.2, 0) is 17.4 Å². The Morgan fingerprint density at radius 1 is 1.22 bits per heavy atom. The molecule has 0 radical (unpaired) electrons. The summed E-state index contributed by atoms with van der Waals surface area (Å²) >= 11 is 6.04. The second-order valence-corrected chi connectivity index (χ2v) is 7.74. The summed E-state index contributed by atoms with van der Waals surface area (Å²) in [7, 11) is 0. The molecule has 1 N–H and O–H groups in total. The van der Waals surface area contributed by atoms with Crippen molar-refractivity contribution >= 4 is 40.0 Å². The van der Waals surface area contributed by atoms with Gasteiger partial charge < -0.3 is 0 Å². The Kier molecular flexibility index (Phi) is 5.37. The fourth-order valence-corrected chi connectivity index (χ4v) is 3.43. The van der Waals surface area contributed by atoms with E-state index >= 15 is 0 Å². The minimum atomic E-state index is -4.56. The molecule has 0 atom stereocenters. The molecule has 1 amide bonds. The summed E-state index contributed by atoms with van der Waals surface area (Å²) in [6.07, 6.45) is -3.37. The minimum absolute atomic E-state index is 0.0112. The minimum Gasteiger partial charge on any atom is -0.293 e. The van der Waals surface area contributed by atoms with Crippen molar-refractivity contribution < 1.29 is 18.0 Å². The molecule has 32 heavy (non-hydrogen) atoms. The number of carbonyl (C=O) groups is 1. The molecule has 8 nitrogen and oxygen atoms in total. The van der Waals surface area contributed by atoms with Gasteiger partial charge in [-0.25, -0.2) is 4.52 Å². The van der Waals surface area contributed by atoms with Crippen LogP contribution in [0.4, 0.5) is 19.1 Å². The van der Waals surface area contributed by atoms with Gasteiger partial charge in [-0.15, -0.1) is 5.10 Å². The van der Waals surface area contributed by atoms with Crippen molar-refractivity contribution in [1.82, 2.24) is 24.4 Å². The van der Waals surface area contributed by atoms with Gasteiger partial charge in [-0.05, 0) is 44.2 Å². The summed E-state index contributed by atoms with van der Waals surface area (Å²) in [5.74, 6) is -0.619. The molecule has 0 spiro atoms. The molecule has 0 aliphatic heterocycles. The summed E-state index contributed by atoms with van der Waals surface area (Å²) < 4.78 is 42.1. The SMILES string of the molecule is CC(C)n1nc(CC(=O)Nc2nc3c(Cl)cccn3n2)c(=O)c2ccc(C(F)(F)F)cc21. The Balaban J connectivity index is 1.69. The molecule has 0 aliphatic rings. The van der Waals surface area contributed by atoms with Crippen molar-refractivity contribution in [1.29, 1.82) is 0 Å². The molecule has 0 unspecified atom stereocenters. The van der Waals surface area contributed by atoms with E-state index in [2.05, 4.69) is 20.5 Å². The van der Waals surface area contributed by atoms with E-state index in [1.807, 2.05) is 0 Å². The average molecular weight is 465 g/mol. The maximum absolute atomic E-state index is 13.1. The highest BCUT2D eigenvalue weighted by molar-refractivity contribution is 6.33. The van der Waals surface area contributed by atoms with Gasteiger partial charge in [0.2, 0.25) is 17.3 Å². The van der Waals surface area contributed by atoms with Gasteiger partial charge in [0.05, 0.1) is 22.5 Å². The molecule has 3 heterocycles. The zero-order valence-corrected chi connectivity index (χ0v) is 17.6. The molecular weight excluding hydrogens is 449 g/mol. The lowest BCUT2D eigenvalue weighted by Gasteiger charge is -2.16. The summed E-state index contributed by atoms with van der Waals surface area (Å²) in [5, 5.41) is 11.1. The zero-order valence-electron chi connectivity index (χ0n) is 16.8. The van der Waals surface area contributed by atoms with Gasteiger partial charge in [0.25, 0.3) is 0 Å². The van der Waals surface area contributed by atoms with E-state index < -0.39 is 29.5 Å². The predicted octanol–water partition coefficient (Wildman–Crippen LogP) is 3.87. The number of benzene rings is 1. The van der Waals surface area contributed by atoms with Gasteiger partial charge in [-0.2, -0.15) is 23.3 Å². The maximum Gasteiger partial charge on any atom is 0.416 e. The number of pyridine rings is 1. The topological polar surface area (TPSA) is 94.2 Å². The quantitative estimate of drug-likeness (QED) is 0.494. The third-order valence-electron chi connectivity index (χ3n) is 4.69. The Morgan fingerprint density at radius 3 is 2.62 bits per heavy atom. The lowest BCUT2D eigenvalue weighted by molar-refractivity contribution is -0.137. The number of hydrogen-bond acceptors (Lipinski definition) is 5. The largest absolute Gasteiger partial charge is 0.416 e. The number of rotatable bonds is 4. The van der Waals surface area contributed by atoms with Gasteiger partial charge in [-0.1, -0.05) is 11.6 Å². The summed E-state index contributed by atoms with van der Waals surface area (Å²) in [6, 6.07) is 5.75. The molecule has 0 fully saturated rings. The van der Waals surface area contributed by atoms with Crippen molar-refractivity contribution in [3.05, 3.63) is 63.0 Å². The van der Waals surface area contributed by atoms with E-state index in [1.165, 1.54) is 9.20 Å². The molecule has 4 rings (SSSR count). The average Bonchev–Trinajstić information content (AvgIpc) is 3.12. The van der Waals surface area contributed by atoms with Gasteiger partial charge >= 0.3 is 6.18 Å². The molecule has 0 aliphatic carbocycles. The summed E-state index contributed by atoms with van der Waals surface area (Å²) in [4.78, 5) is 29.5. The van der Waals surface area contributed by atoms with Crippen molar-refractivity contribution in [3.8, 4) is 0 Å². The van der Waals surface area contributed by atoms with E-state index in [0.29, 0.717) is 10.7 Å². The Hall–Kier alpha value is -3.47. The van der Waals surface area contributed by atoms with E-state index in [9.17, 15) is 22.8 Å². The van der Waals surface area contributed by atoms with Crippen molar-refractivity contribution in [2.24, 2.45) is 0 Å². The number of hydrogen-bond donors (Lipinski definition) is 1. The lowest BCUT2D eigenvalue weighted by Crippen LogP contribution is -2.26. The fraction of sp³-hybridized carbons (Fsp3) is 0.250. The number of carbonyl (C=O) groups excluding carboxylic acids is 1. The van der Waals surface area contributed by atoms with Gasteiger partial charge in [0, 0.05) is 17.6 Å². The molecular formula is C20H16ClF3N6O2. The van der Waals surface area contributed by atoms with Crippen molar-refractivity contribution in [2.45, 2.75) is 32.5 Å². The van der Waals surface area contributed by atoms with Crippen LogP contribution < -0.4 is 10.7 Å². The van der Waals surface area contributed by atoms with Crippen LogP contribution in [-0.4, -0.2) is 30.3 Å². The van der Waals surface area contributed by atoms with Crippen LogP contribution in [0.2, 0.25) is 5.02 Å². The highest BCUT2D eigenvalue weighted by atomic mass is 35.5. The number of aromatic nitrogens is 5. The summed E-state index contributed by atoms with van der Waals surface area (Å²) in [6.45, 7) is 3.43. The van der Waals surface area contributed by atoms with E-state index in [1.54, 1.807) is 32.2 Å². The smallest absolute Gasteiger partial charge is 0.293 e. The van der Waals surface area contributed by atoms with Crippen molar-refractivity contribution in [2.75, 3.05) is 5.32 Å². The molecule has 0 saturated carbocycles. The Bertz CT molecular complexity index is 1410. The van der Waals surface area contributed by atoms with Crippen LogP contribution in [0.3, 0.4) is 0 Å². The van der Waals surface area contributed by atoms with Crippen LogP contribution in [0.5, 0.6) is 0 Å². The third kappa shape index (κ3) is 4.03. The second kappa shape index (κ2) is 7.90. The van der Waals surface area contributed by atoms with Gasteiger partial charge in [-0.3, -0.25) is 19.6 Å². The molecule has 3 aromatic heterocycles. The maximum atomic E-state index is 13.1. The van der Waals surface area contributed by atoms with E-state index in [4.69, 9.17) is 11.6 Å². The van der Waals surface area contributed by atoms with E-state index in [-0.39, 0.29) is 28.6 Å². The van der Waals surface area contributed by atoms with Crippen LogP contribution in [0, 0.1) is 0 Å². The third-order valence-corrected chi connectivity index (χ3v) is 4.99. The second-order valence-electron chi connectivity index (χ2n) is 7.33. The monoisotopic (exact) mass is 464 g/mol. The molecule has 4 aromatic rings. The van der Waals surface area contributed by atoms with Crippen LogP contribution in [0.25, 0.3) is 16.6 Å². The normalized spacial score (nSPS) is 12.1. The van der Waals surface area contributed by atoms with Crippen molar-refractivity contribution in [3.63, 3.8) is 0 Å². The molecule has 0 bridgehead atoms. The Labute approximate surface area is 183 Å². The molecule has 0 saturated heterocycles. The van der Waals surface area contributed by atoms with Crippen LogP contribution in [0.1, 0.15) is 31.1 Å². The van der Waals surface area contributed by atoms with Crippen LogP contribution in [0.15, 0.2) is 41.3 Å². The fourth-order valence-electron chi connectivity index (χ4n) is 3.23. The number of nitrogens with one attached hydrogen (secondary N) is 1. The zero-order chi connectivity index (χ0) is 23.2. The first-order chi connectivity index (χ1) is 15.0. The van der Waals surface area contributed by atoms with E-state index in [0.717, 1.165) is 18.2 Å².